The molecule has 1 unspecified atom stereocenters. The van der Waals surface area contributed by atoms with Gasteiger partial charge in [0.05, 0.1) is 18.8 Å². The highest BCUT2D eigenvalue weighted by atomic mass is 35.5. The minimum absolute atomic E-state index is 0.113. The van der Waals surface area contributed by atoms with E-state index in [1.807, 2.05) is 6.07 Å². The smallest absolute Gasteiger partial charge is 0.337 e. The van der Waals surface area contributed by atoms with Crippen LogP contribution < -0.4 is 0 Å². The van der Waals surface area contributed by atoms with Crippen molar-refractivity contribution in [2.45, 2.75) is 17.4 Å². The van der Waals surface area contributed by atoms with E-state index in [1.165, 1.54) is 13.2 Å². The van der Waals surface area contributed by atoms with Crippen LogP contribution in [0.1, 0.15) is 6.42 Å². The Hall–Kier alpha value is -1.54. The predicted molar refractivity (Wildman–Crippen MR) is 52.3 cm³/mol. The van der Waals surface area contributed by atoms with E-state index in [-0.39, 0.29) is 12.0 Å². The molecule has 3 atom stereocenters. The van der Waals surface area contributed by atoms with Crippen molar-refractivity contribution in [3.8, 4) is 6.07 Å². The van der Waals surface area contributed by atoms with Gasteiger partial charge in [-0.1, -0.05) is 6.08 Å². The molecule has 1 fully saturated rings. The van der Waals surface area contributed by atoms with Gasteiger partial charge in [-0.3, -0.25) is 4.79 Å². The van der Waals surface area contributed by atoms with Gasteiger partial charge in [-0.05, 0) is 0 Å². The average Bonchev–Trinajstić information content (AvgIpc) is 2.28. The van der Waals surface area contributed by atoms with Gasteiger partial charge in [0.15, 0.2) is 4.87 Å². The second-order valence-electron chi connectivity index (χ2n) is 3.70. The van der Waals surface area contributed by atoms with Gasteiger partial charge in [-0.25, -0.2) is 4.79 Å². The van der Waals surface area contributed by atoms with Gasteiger partial charge < -0.3 is 9.47 Å². The Labute approximate surface area is 96.6 Å². The molecule has 0 spiro atoms. The Morgan fingerprint density at radius 1 is 1.81 bits per heavy atom. The molecule has 5 nitrogen and oxygen atoms in total. The quantitative estimate of drug-likeness (QED) is 0.494. The highest BCUT2D eigenvalue weighted by Gasteiger charge is 2.54. The summed E-state index contributed by atoms with van der Waals surface area (Å²) in [7, 11) is 1.24. The molecular weight excluding hydrogens is 234 g/mol. The summed E-state index contributed by atoms with van der Waals surface area (Å²) >= 11 is 6.01. The Morgan fingerprint density at radius 3 is 3.00 bits per heavy atom. The number of carbonyl (C=O) groups excluding carboxylic acids is 2. The zero-order valence-corrected chi connectivity index (χ0v) is 9.15. The first-order chi connectivity index (χ1) is 7.51. The maximum Gasteiger partial charge on any atom is 0.337 e. The highest BCUT2D eigenvalue weighted by molar-refractivity contribution is 6.28. The Bertz CT molecular complexity index is 439. The lowest BCUT2D eigenvalue weighted by Gasteiger charge is -2.40. The number of nitrogens with zero attached hydrogens (tertiary/aromatic N) is 1. The van der Waals surface area contributed by atoms with Crippen molar-refractivity contribution in [1.82, 2.24) is 0 Å². The molecule has 6 heteroatoms. The minimum Gasteiger partial charge on any atom is -0.466 e. The van der Waals surface area contributed by atoms with Crippen LogP contribution in [0.3, 0.4) is 0 Å². The van der Waals surface area contributed by atoms with Crippen molar-refractivity contribution in [2.24, 2.45) is 5.92 Å². The fraction of sp³-hybridized carbons (Fsp3) is 0.500. The Balaban J connectivity index is 2.42. The van der Waals surface area contributed by atoms with Gasteiger partial charge >= 0.3 is 11.9 Å². The van der Waals surface area contributed by atoms with Crippen molar-refractivity contribution in [1.29, 1.82) is 5.26 Å². The summed E-state index contributed by atoms with van der Waals surface area (Å²) in [6.07, 6.45) is 0.715. The molecule has 3 aliphatic rings. The maximum absolute atomic E-state index is 11.4. The molecule has 2 bridgehead atoms. The lowest BCUT2D eigenvalue weighted by Crippen LogP contribution is -2.52. The van der Waals surface area contributed by atoms with Crippen LogP contribution in [0.5, 0.6) is 0 Å². The number of halogens is 1. The van der Waals surface area contributed by atoms with Crippen LogP contribution in [0.25, 0.3) is 0 Å². The number of esters is 2. The predicted octanol–water partition coefficient (Wildman–Crippen LogP) is 0.532. The summed E-state index contributed by atoms with van der Waals surface area (Å²) < 4.78 is 9.53. The molecule has 3 rings (SSSR count). The number of rotatable bonds is 1. The fourth-order valence-electron chi connectivity index (χ4n) is 1.93. The summed E-state index contributed by atoms with van der Waals surface area (Å²) in [6, 6.07) is 1.89. The van der Waals surface area contributed by atoms with E-state index >= 15 is 0 Å². The second kappa shape index (κ2) is 3.49. The summed E-state index contributed by atoms with van der Waals surface area (Å²) in [5.41, 5.74) is 0.263. The fourth-order valence-corrected chi connectivity index (χ4v) is 2.22. The van der Waals surface area contributed by atoms with Crippen molar-refractivity contribution in [2.75, 3.05) is 7.11 Å². The summed E-state index contributed by atoms with van der Waals surface area (Å²) in [6.45, 7) is 0. The number of nitriles is 1. The first kappa shape index (κ1) is 11.0. The lowest BCUT2D eigenvalue weighted by molar-refractivity contribution is -0.161. The third-order valence-electron chi connectivity index (χ3n) is 2.79. The van der Waals surface area contributed by atoms with Gasteiger partial charge in [0.1, 0.15) is 12.0 Å². The number of methoxy groups -OCH3 is 1. The zero-order valence-electron chi connectivity index (χ0n) is 8.40. The zero-order chi connectivity index (χ0) is 11.9. The molecule has 16 heavy (non-hydrogen) atoms. The van der Waals surface area contributed by atoms with Crippen LogP contribution in [0.2, 0.25) is 0 Å². The van der Waals surface area contributed by atoms with Crippen LogP contribution in [0, 0.1) is 17.2 Å². The monoisotopic (exact) mass is 241 g/mol. The average molecular weight is 242 g/mol. The van der Waals surface area contributed by atoms with Crippen LogP contribution in [0.4, 0.5) is 0 Å². The summed E-state index contributed by atoms with van der Waals surface area (Å²) in [5, 5.41) is 8.94. The van der Waals surface area contributed by atoms with Gasteiger partial charge in [-0.15, -0.1) is 11.6 Å². The number of carbonyl (C=O) groups is 2. The van der Waals surface area contributed by atoms with Crippen molar-refractivity contribution < 1.29 is 19.1 Å². The van der Waals surface area contributed by atoms with E-state index in [0.29, 0.717) is 0 Å². The van der Waals surface area contributed by atoms with E-state index in [0.717, 1.165) is 0 Å². The van der Waals surface area contributed by atoms with E-state index < -0.39 is 28.8 Å². The molecule has 0 radical (unpaired) electrons. The molecule has 0 aromatic heterocycles. The number of hydrogen-bond donors (Lipinski definition) is 0. The molecule has 0 saturated carbocycles. The van der Waals surface area contributed by atoms with Gasteiger partial charge in [-0.2, -0.15) is 5.26 Å². The summed E-state index contributed by atoms with van der Waals surface area (Å²) in [5.74, 6) is -2.03. The minimum atomic E-state index is -1.31. The molecule has 0 aromatic rings. The lowest BCUT2D eigenvalue weighted by atomic mass is 9.76. The number of ether oxygens (including phenoxy) is 2. The standard InChI is InChI=1S/C10H8ClNO4/c1-15-8(13)5-2-6-9(14)16-7(5)3-10(6,11)4-12/h2,6-7H,3H2,1H3/t6-,7+,10?/m1/s1. The van der Waals surface area contributed by atoms with Crippen molar-refractivity contribution >= 4 is 23.5 Å². The summed E-state index contributed by atoms with van der Waals surface area (Å²) in [4.78, 5) is 21.5. The Morgan fingerprint density at radius 2 is 2.50 bits per heavy atom. The van der Waals surface area contributed by atoms with E-state index in [2.05, 4.69) is 4.74 Å². The molecule has 2 heterocycles. The van der Waals surface area contributed by atoms with Gasteiger partial charge in [0, 0.05) is 6.42 Å². The molecule has 2 aliphatic heterocycles. The molecular formula is C10H8ClNO4. The SMILES string of the molecule is COC(=O)C1=C[C@@H]2C(=O)O[C@H]1CC2(Cl)C#N. The topological polar surface area (TPSA) is 76.4 Å². The van der Waals surface area contributed by atoms with Gasteiger partial charge in [0.25, 0.3) is 0 Å². The number of alkyl halides is 1. The van der Waals surface area contributed by atoms with Crippen LogP contribution in [0.15, 0.2) is 11.6 Å². The van der Waals surface area contributed by atoms with Crippen LogP contribution in [-0.4, -0.2) is 30.0 Å². The van der Waals surface area contributed by atoms with Crippen molar-refractivity contribution in [3.63, 3.8) is 0 Å². The van der Waals surface area contributed by atoms with Gasteiger partial charge in [0.2, 0.25) is 0 Å². The molecule has 0 aromatic carbocycles. The second-order valence-corrected chi connectivity index (χ2v) is 4.37. The highest BCUT2D eigenvalue weighted by Crippen LogP contribution is 2.44. The van der Waals surface area contributed by atoms with E-state index in [9.17, 15) is 9.59 Å². The largest absolute Gasteiger partial charge is 0.466 e. The van der Waals surface area contributed by atoms with Crippen molar-refractivity contribution in [3.05, 3.63) is 11.6 Å². The number of fused-ring (bicyclic) bond motifs is 2. The Kier molecular flexibility index (Phi) is 2.39. The molecule has 0 N–H and O–H groups in total. The first-order valence-electron chi connectivity index (χ1n) is 4.62. The van der Waals surface area contributed by atoms with E-state index in [1.54, 1.807) is 0 Å². The van der Waals surface area contributed by atoms with E-state index in [4.69, 9.17) is 21.6 Å². The van der Waals surface area contributed by atoms with Crippen LogP contribution in [-0.2, 0) is 19.1 Å². The number of hydrogen-bond acceptors (Lipinski definition) is 5. The third-order valence-corrected chi connectivity index (χ3v) is 3.26. The first-order valence-corrected chi connectivity index (χ1v) is 5.00. The molecule has 1 aliphatic carbocycles. The molecule has 1 saturated heterocycles. The normalized spacial score (nSPS) is 36.1. The third kappa shape index (κ3) is 1.38. The maximum atomic E-state index is 11.4. The van der Waals surface area contributed by atoms with Crippen LogP contribution >= 0.6 is 11.6 Å². The molecule has 84 valence electrons. The molecule has 0 amide bonds.